The van der Waals surface area contributed by atoms with Crippen LogP contribution in [0.4, 0.5) is 14.9 Å². The molecule has 0 aromatic heterocycles. The van der Waals surface area contributed by atoms with Gasteiger partial charge in [-0.25, -0.2) is 9.18 Å². The first-order chi connectivity index (χ1) is 12.5. The SMILES string of the molecule is CC(=O)NC[C@H]1CN(c2ccc(C3=C[C@H]4[C@H](C=O)[C@H]4C3)c(F)c2)C(=O)O1. The first-order valence-corrected chi connectivity index (χ1v) is 8.66. The van der Waals surface area contributed by atoms with E-state index < -0.39 is 18.0 Å². The van der Waals surface area contributed by atoms with E-state index >= 15 is 0 Å². The van der Waals surface area contributed by atoms with E-state index in [1.54, 1.807) is 12.1 Å². The van der Waals surface area contributed by atoms with Crippen molar-refractivity contribution in [1.29, 1.82) is 0 Å². The molecule has 0 spiro atoms. The summed E-state index contributed by atoms with van der Waals surface area (Å²) in [6, 6.07) is 4.70. The Hall–Kier alpha value is -2.70. The summed E-state index contributed by atoms with van der Waals surface area (Å²) in [6.07, 6.45) is 2.68. The third-order valence-electron chi connectivity index (χ3n) is 5.36. The molecule has 1 aromatic rings. The Bertz CT molecular complexity index is 822. The molecule has 0 radical (unpaired) electrons. The van der Waals surface area contributed by atoms with Crippen LogP contribution in [0.25, 0.3) is 5.57 Å². The van der Waals surface area contributed by atoms with E-state index in [9.17, 15) is 18.8 Å². The van der Waals surface area contributed by atoms with Gasteiger partial charge in [-0.2, -0.15) is 0 Å². The highest BCUT2D eigenvalue weighted by molar-refractivity contribution is 5.90. The summed E-state index contributed by atoms with van der Waals surface area (Å²) in [5, 5.41) is 2.61. The Balaban J connectivity index is 1.47. The summed E-state index contributed by atoms with van der Waals surface area (Å²) in [5.74, 6) is 0.0840. The second kappa shape index (κ2) is 6.23. The molecule has 0 bridgehead atoms. The van der Waals surface area contributed by atoms with Gasteiger partial charge < -0.3 is 14.8 Å². The van der Waals surface area contributed by atoms with E-state index in [1.807, 2.05) is 6.08 Å². The number of fused-ring (bicyclic) bond motifs is 1. The summed E-state index contributed by atoms with van der Waals surface area (Å²) in [6.45, 7) is 1.87. The van der Waals surface area contributed by atoms with Gasteiger partial charge in [-0.1, -0.05) is 6.08 Å². The second-order valence-electron chi connectivity index (χ2n) is 7.07. The quantitative estimate of drug-likeness (QED) is 0.818. The number of benzene rings is 1. The minimum Gasteiger partial charge on any atom is -0.442 e. The van der Waals surface area contributed by atoms with Crippen molar-refractivity contribution in [3.63, 3.8) is 0 Å². The zero-order valence-corrected chi connectivity index (χ0v) is 14.3. The smallest absolute Gasteiger partial charge is 0.414 e. The van der Waals surface area contributed by atoms with Gasteiger partial charge in [0.15, 0.2) is 0 Å². The van der Waals surface area contributed by atoms with Gasteiger partial charge in [0.05, 0.1) is 18.8 Å². The van der Waals surface area contributed by atoms with Crippen molar-refractivity contribution < 1.29 is 23.5 Å². The van der Waals surface area contributed by atoms with E-state index in [4.69, 9.17) is 4.74 Å². The van der Waals surface area contributed by atoms with Crippen molar-refractivity contribution in [1.82, 2.24) is 5.32 Å². The fraction of sp³-hybridized carbons (Fsp3) is 0.421. The van der Waals surface area contributed by atoms with Crippen molar-refractivity contribution in [2.75, 3.05) is 18.0 Å². The average molecular weight is 358 g/mol. The van der Waals surface area contributed by atoms with Crippen LogP contribution in [-0.4, -0.2) is 37.5 Å². The van der Waals surface area contributed by atoms with Crippen molar-refractivity contribution in [2.45, 2.75) is 19.4 Å². The van der Waals surface area contributed by atoms with Crippen LogP contribution in [0.3, 0.4) is 0 Å². The number of anilines is 1. The molecule has 2 fully saturated rings. The monoisotopic (exact) mass is 358 g/mol. The molecule has 1 heterocycles. The molecule has 1 saturated heterocycles. The highest BCUT2D eigenvalue weighted by Crippen LogP contribution is 2.57. The number of carbonyl (C=O) groups excluding carboxylic acids is 3. The molecule has 1 aromatic carbocycles. The van der Waals surface area contributed by atoms with Gasteiger partial charge in [0.2, 0.25) is 5.91 Å². The Morgan fingerprint density at radius 3 is 2.88 bits per heavy atom. The summed E-state index contributed by atoms with van der Waals surface area (Å²) in [4.78, 5) is 35.2. The Morgan fingerprint density at radius 2 is 2.27 bits per heavy atom. The molecule has 26 heavy (non-hydrogen) atoms. The Morgan fingerprint density at radius 1 is 1.46 bits per heavy atom. The Labute approximate surface area is 150 Å². The number of rotatable bonds is 5. The molecule has 6 nitrogen and oxygen atoms in total. The van der Waals surface area contributed by atoms with Gasteiger partial charge in [-0.15, -0.1) is 0 Å². The normalized spacial score (nSPS) is 29.1. The molecule has 0 unspecified atom stereocenters. The van der Waals surface area contributed by atoms with Gasteiger partial charge in [-0.05, 0) is 42.0 Å². The molecule has 4 atom stereocenters. The number of cyclic esters (lactones) is 1. The molecule has 2 amide bonds. The number of hydrogen-bond donors (Lipinski definition) is 1. The maximum absolute atomic E-state index is 14.6. The second-order valence-corrected chi connectivity index (χ2v) is 7.07. The van der Waals surface area contributed by atoms with Crippen molar-refractivity contribution >= 4 is 29.5 Å². The molecule has 2 aliphatic carbocycles. The molecule has 1 saturated carbocycles. The number of nitrogens with one attached hydrogen (secondary N) is 1. The standard InChI is InChI=1S/C19H19FN2O4/c1-10(24)21-7-13-8-22(19(25)26-13)12-2-3-14(18(20)6-12)11-4-15-16(5-11)17(15)9-23/h2-4,6,9,13,15-17H,5,7-8H2,1H3,(H,21,24)/t13-,15+,16-,17-/m0/s1. The summed E-state index contributed by atoms with van der Waals surface area (Å²) >= 11 is 0. The maximum Gasteiger partial charge on any atom is 0.414 e. The number of amides is 2. The van der Waals surface area contributed by atoms with Crippen molar-refractivity contribution in [3.05, 3.63) is 35.7 Å². The maximum atomic E-state index is 14.6. The average Bonchev–Trinajstić information content (AvgIpc) is 2.93. The van der Waals surface area contributed by atoms with Crippen LogP contribution in [0.15, 0.2) is 24.3 Å². The lowest BCUT2D eigenvalue weighted by molar-refractivity contribution is -0.119. The van der Waals surface area contributed by atoms with E-state index in [1.165, 1.54) is 17.9 Å². The number of halogens is 1. The van der Waals surface area contributed by atoms with Crippen LogP contribution in [0.5, 0.6) is 0 Å². The van der Waals surface area contributed by atoms with E-state index in [0.29, 0.717) is 17.2 Å². The zero-order valence-electron chi connectivity index (χ0n) is 14.3. The first-order valence-electron chi connectivity index (χ1n) is 8.66. The fourth-order valence-corrected chi connectivity index (χ4v) is 3.91. The van der Waals surface area contributed by atoms with Crippen LogP contribution in [0, 0.1) is 23.6 Å². The summed E-state index contributed by atoms with van der Waals surface area (Å²) < 4.78 is 19.8. The molecule has 1 N–H and O–H groups in total. The zero-order chi connectivity index (χ0) is 18.4. The summed E-state index contributed by atoms with van der Waals surface area (Å²) in [5.41, 5.74) is 1.87. The highest BCUT2D eigenvalue weighted by Gasteiger charge is 2.52. The van der Waals surface area contributed by atoms with Crippen molar-refractivity contribution in [2.24, 2.45) is 17.8 Å². The molecule has 4 rings (SSSR count). The van der Waals surface area contributed by atoms with Gasteiger partial charge in [0.25, 0.3) is 0 Å². The van der Waals surface area contributed by atoms with Crippen LogP contribution in [0.1, 0.15) is 18.9 Å². The lowest BCUT2D eigenvalue weighted by atomic mass is 10.00. The summed E-state index contributed by atoms with van der Waals surface area (Å²) in [7, 11) is 0. The molecular weight excluding hydrogens is 339 g/mol. The number of carbonyl (C=O) groups is 3. The predicted octanol–water partition coefficient (Wildman–Crippen LogP) is 2.14. The lowest BCUT2D eigenvalue weighted by Crippen LogP contribution is -2.33. The largest absolute Gasteiger partial charge is 0.442 e. The number of allylic oxidation sites excluding steroid dienone is 2. The van der Waals surface area contributed by atoms with Gasteiger partial charge in [-0.3, -0.25) is 9.69 Å². The topological polar surface area (TPSA) is 75.7 Å². The van der Waals surface area contributed by atoms with Crippen LogP contribution in [0.2, 0.25) is 0 Å². The van der Waals surface area contributed by atoms with E-state index in [0.717, 1.165) is 18.3 Å². The third kappa shape index (κ3) is 2.87. The number of aldehydes is 1. The van der Waals surface area contributed by atoms with Gasteiger partial charge in [0, 0.05) is 18.4 Å². The molecular formula is C19H19FN2O4. The molecule has 136 valence electrons. The minimum atomic E-state index is -0.553. The Kier molecular flexibility index (Phi) is 4.01. The number of nitrogens with zero attached hydrogens (tertiary/aromatic N) is 1. The van der Waals surface area contributed by atoms with Gasteiger partial charge in [0.1, 0.15) is 18.2 Å². The number of hydrogen-bond acceptors (Lipinski definition) is 4. The van der Waals surface area contributed by atoms with Crippen LogP contribution in [-0.2, 0) is 14.3 Å². The van der Waals surface area contributed by atoms with Crippen LogP contribution < -0.4 is 10.2 Å². The molecule has 7 heteroatoms. The van der Waals surface area contributed by atoms with E-state index in [-0.39, 0.29) is 30.8 Å². The van der Waals surface area contributed by atoms with Crippen LogP contribution >= 0.6 is 0 Å². The molecule has 3 aliphatic rings. The number of ether oxygens (including phenoxy) is 1. The fourth-order valence-electron chi connectivity index (χ4n) is 3.91. The minimum absolute atomic E-state index is 0.0981. The highest BCUT2D eigenvalue weighted by atomic mass is 19.1. The van der Waals surface area contributed by atoms with Gasteiger partial charge >= 0.3 is 6.09 Å². The molecule has 1 aliphatic heterocycles. The van der Waals surface area contributed by atoms with Crippen molar-refractivity contribution in [3.8, 4) is 0 Å². The third-order valence-corrected chi connectivity index (χ3v) is 5.36. The van der Waals surface area contributed by atoms with E-state index in [2.05, 4.69) is 5.32 Å². The lowest BCUT2D eigenvalue weighted by Gasteiger charge is -2.15. The first kappa shape index (κ1) is 16.8. The predicted molar refractivity (Wildman–Crippen MR) is 91.8 cm³/mol.